The molecule has 6 heteroatoms. The molecule has 3 rings (SSSR count). The van der Waals surface area contributed by atoms with Gasteiger partial charge < -0.3 is 14.6 Å². The van der Waals surface area contributed by atoms with Crippen LogP contribution in [0.1, 0.15) is 49.9 Å². The molecule has 2 aromatic rings. The summed E-state index contributed by atoms with van der Waals surface area (Å²) in [5, 5.41) is 10.8. The van der Waals surface area contributed by atoms with Crippen LogP contribution in [0.15, 0.2) is 47.7 Å². The van der Waals surface area contributed by atoms with E-state index in [0.29, 0.717) is 29.4 Å². The van der Waals surface area contributed by atoms with E-state index in [0.717, 1.165) is 11.1 Å². The van der Waals surface area contributed by atoms with Crippen LogP contribution in [0.5, 0.6) is 11.5 Å². The fraction of sp³-hybridized carbons (Fsp3) is 0.385. The van der Waals surface area contributed by atoms with Crippen molar-refractivity contribution in [3.8, 4) is 11.5 Å². The molecular weight excluding hydrogens is 406 g/mol. The highest BCUT2D eigenvalue weighted by atomic mass is 16.5. The smallest absolute Gasteiger partial charge is 0.294 e. The van der Waals surface area contributed by atoms with Crippen molar-refractivity contribution in [2.75, 3.05) is 18.6 Å². The van der Waals surface area contributed by atoms with Crippen LogP contribution in [-0.2, 0) is 9.59 Å². The van der Waals surface area contributed by atoms with E-state index in [4.69, 9.17) is 9.47 Å². The summed E-state index contributed by atoms with van der Waals surface area (Å²) in [4.78, 5) is 27.9. The quantitative estimate of drug-likeness (QED) is 0.612. The average Bonchev–Trinajstić information content (AvgIpc) is 3.01. The minimum Gasteiger partial charge on any atom is -0.503 e. The molecule has 0 fully saturated rings. The number of aliphatic hydroxyl groups is 1. The molecule has 6 nitrogen and oxygen atoms in total. The van der Waals surface area contributed by atoms with E-state index in [1.54, 1.807) is 25.3 Å². The SMILES string of the molecule is CCOc1cc(C2C(C(=O)CC(C)C)=C(O)C(=O)N2c2ccc(C)c(C)c2)ccc1OC. The number of anilines is 1. The van der Waals surface area contributed by atoms with Crippen LogP contribution < -0.4 is 14.4 Å². The number of carbonyl (C=O) groups excluding carboxylic acids is 2. The summed E-state index contributed by atoms with van der Waals surface area (Å²) in [6, 6.07) is 10.2. The topological polar surface area (TPSA) is 76.1 Å². The predicted octanol–water partition coefficient (Wildman–Crippen LogP) is 5.23. The van der Waals surface area contributed by atoms with Gasteiger partial charge in [-0.25, -0.2) is 0 Å². The molecular formula is C26H31NO5. The number of Topliss-reactive ketones (excluding diaryl/α,β-unsaturated/α-hetero) is 1. The molecule has 1 aliphatic rings. The number of rotatable bonds is 8. The molecule has 0 radical (unpaired) electrons. The standard InChI is InChI=1S/C26H31NO5/c1-7-32-22-14-18(9-11-21(22)31-6)24-23(20(28)12-15(2)3)25(29)26(30)27(24)19-10-8-16(4)17(5)13-19/h8-11,13-15,24,29H,7,12H2,1-6H3. The Labute approximate surface area is 189 Å². The Morgan fingerprint density at radius 1 is 1.09 bits per heavy atom. The van der Waals surface area contributed by atoms with Crippen LogP contribution in [0.3, 0.4) is 0 Å². The van der Waals surface area contributed by atoms with Crippen molar-refractivity contribution in [2.24, 2.45) is 5.92 Å². The average molecular weight is 438 g/mol. The highest BCUT2D eigenvalue weighted by Gasteiger charge is 2.44. The third-order valence-corrected chi connectivity index (χ3v) is 5.67. The monoisotopic (exact) mass is 437 g/mol. The van der Waals surface area contributed by atoms with Crippen molar-refractivity contribution >= 4 is 17.4 Å². The number of carbonyl (C=O) groups is 2. The second-order valence-corrected chi connectivity index (χ2v) is 8.47. The molecule has 0 bridgehead atoms. The van der Waals surface area contributed by atoms with Crippen molar-refractivity contribution in [1.82, 2.24) is 0 Å². The van der Waals surface area contributed by atoms with Crippen LogP contribution in [0.25, 0.3) is 0 Å². The van der Waals surface area contributed by atoms with Crippen LogP contribution in [-0.4, -0.2) is 30.5 Å². The maximum absolute atomic E-state index is 13.2. The Kier molecular flexibility index (Phi) is 6.92. The number of ether oxygens (including phenoxy) is 2. The highest BCUT2D eigenvalue weighted by Crippen LogP contribution is 2.44. The Morgan fingerprint density at radius 2 is 1.81 bits per heavy atom. The van der Waals surface area contributed by atoms with Gasteiger partial charge in [-0.15, -0.1) is 0 Å². The summed E-state index contributed by atoms with van der Waals surface area (Å²) in [5.74, 6) is -0.158. The van der Waals surface area contributed by atoms with E-state index < -0.39 is 17.7 Å². The lowest BCUT2D eigenvalue weighted by Gasteiger charge is -2.28. The van der Waals surface area contributed by atoms with Crippen molar-refractivity contribution < 1.29 is 24.2 Å². The summed E-state index contributed by atoms with van der Waals surface area (Å²) >= 11 is 0. The fourth-order valence-electron chi connectivity index (χ4n) is 3.96. The Bertz CT molecular complexity index is 1070. The third kappa shape index (κ3) is 4.35. The van der Waals surface area contributed by atoms with Gasteiger partial charge in [0.2, 0.25) is 0 Å². The number of aliphatic hydroxyl groups excluding tert-OH is 1. The fourth-order valence-corrected chi connectivity index (χ4v) is 3.96. The van der Waals surface area contributed by atoms with Gasteiger partial charge in [-0.1, -0.05) is 26.0 Å². The van der Waals surface area contributed by atoms with Crippen LogP contribution in [0.4, 0.5) is 5.69 Å². The van der Waals surface area contributed by atoms with Crippen molar-refractivity contribution in [1.29, 1.82) is 0 Å². The zero-order valence-electron chi connectivity index (χ0n) is 19.6. The molecule has 1 amide bonds. The number of benzene rings is 2. The normalized spacial score (nSPS) is 16.2. The van der Waals surface area contributed by atoms with Crippen LogP contribution in [0.2, 0.25) is 0 Å². The maximum Gasteiger partial charge on any atom is 0.294 e. The van der Waals surface area contributed by atoms with Crippen molar-refractivity contribution in [3.05, 3.63) is 64.4 Å². The number of ketones is 1. The molecule has 0 spiro atoms. The molecule has 0 aromatic heterocycles. The van der Waals surface area contributed by atoms with Crippen molar-refractivity contribution in [3.63, 3.8) is 0 Å². The molecule has 0 saturated carbocycles. The maximum atomic E-state index is 13.2. The van der Waals surface area contributed by atoms with E-state index in [1.807, 2.05) is 52.8 Å². The molecule has 32 heavy (non-hydrogen) atoms. The number of hydrogen-bond donors (Lipinski definition) is 1. The third-order valence-electron chi connectivity index (χ3n) is 5.67. The number of hydrogen-bond acceptors (Lipinski definition) is 5. The number of methoxy groups -OCH3 is 1. The summed E-state index contributed by atoms with van der Waals surface area (Å²) in [6.45, 7) is 10.1. The lowest BCUT2D eigenvalue weighted by molar-refractivity contribution is -0.118. The van der Waals surface area contributed by atoms with Gasteiger partial charge in [0.25, 0.3) is 5.91 Å². The second kappa shape index (κ2) is 9.47. The summed E-state index contributed by atoms with van der Waals surface area (Å²) in [7, 11) is 1.56. The van der Waals surface area contributed by atoms with E-state index in [1.165, 1.54) is 4.90 Å². The van der Waals surface area contributed by atoms with Crippen LogP contribution >= 0.6 is 0 Å². The first-order valence-electron chi connectivity index (χ1n) is 10.9. The minimum absolute atomic E-state index is 0.0871. The summed E-state index contributed by atoms with van der Waals surface area (Å²) in [5.41, 5.74) is 3.51. The molecule has 1 atom stereocenters. The Morgan fingerprint density at radius 3 is 2.41 bits per heavy atom. The van der Waals surface area contributed by atoms with E-state index in [-0.39, 0.29) is 23.7 Å². The highest BCUT2D eigenvalue weighted by molar-refractivity contribution is 6.16. The first-order valence-corrected chi connectivity index (χ1v) is 10.9. The molecule has 170 valence electrons. The van der Waals surface area contributed by atoms with Crippen LogP contribution in [0, 0.1) is 19.8 Å². The van der Waals surface area contributed by atoms with Gasteiger partial charge in [0.05, 0.1) is 25.3 Å². The van der Waals surface area contributed by atoms with E-state index in [2.05, 4.69) is 0 Å². The molecule has 1 unspecified atom stereocenters. The Balaban J connectivity index is 2.20. The largest absolute Gasteiger partial charge is 0.503 e. The zero-order chi connectivity index (χ0) is 23.6. The minimum atomic E-state index is -0.763. The van der Waals surface area contributed by atoms with Crippen molar-refractivity contribution in [2.45, 2.75) is 47.1 Å². The lowest BCUT2D eigenvalue weighted by atomic mass is 9.91. The van der Waals surface area contributed by atoms with Gasteiger partial charge in [0, 0.05) is 12.1 Å². The zero-order valence-corrected chi connectivity index (χ0v) is 19.6. The van der Waals surface area contributed by atoms with E-state index >= 15 is 0 Å². The summed E-state index contributed by atoms with van der Waals surface area (Å²) < 4.78 is 11.1. The van der Waals surface area contributed by atoms with Gasteiger partial charge in [-0.2, -0.15) is 0 Å². The number of amides is 1. The first-order chi connectivity index (χ1) is 15.2. The van der Waals surface area contributed by atoms with Gasteiger partial charge in [0.15, 0.2) is 23.0 Å². The molecule has 0 saturated heterocycles. The number of aryl methyl sites for hydroxylation is 2. The number of nitrogens with zero attached hydrogens (tertiary/aromatic N) is 1. The first kappa shape index (κ1) is 23.4. The van der Waals surface area contributed by atoms with Gasteiger partial charge >= 0.3 is 0 Å². The lowest BCUT2D eigenvalue weighted by Crippen LogP contribution is -2.31. The second-order valence-electron chi connectivity index (χ2n) is 8.47. The van der Waals surface area contributed by atoms with E-state index in [9.17, 15) is 14.7 Å². The molecule has 1 heterocycles. The molecule has 1 N–H and O–H groups in total. The summed E-state index contributed by atoms with van der Waals surface area (Å²) in [6.07, 6.45) is 0.235. The van der Waals surface area contributed by atoms with Gasteiger partial charge in [-0.3, -0.25) is 14.5 Å². The Hall–Kier alpha value is -3.28. The molecule has 0 aliphatic carbocycles. The predicted molar refractivity (Wildman–Crippen MR) is 124 cm³/mol. The van der Waals surface area contributed by atoms with Gasteiger partial charge in [-0.05, 0) is 67.6 Å². The van der Waals surface area contributed by atoms with Gasteiger partial charge in [0.1, 0.15) is 0 Å². The molecule has 2 aromatic carbocycles. The molecule has 1 aliphatic heterocycles.